The molecule has 1 saturated heterocycles. The van der Waals surface area contributed by atoms with Crippen molar-refractivity contribution in [3.63, 3.8) is 0 Å². The van der Waals surface area contributed by atoms with Crippen LogP contribution in [0.15, 0.2) is 30.3 Å². The van der Waals surface area contributed by atoms with E-state index in [1.807, 2.05) is 12.1 Å². The first-order valence-electron chi connectivity index (χ1n) is 6.62. The number of rotatable bonds is 3. The van der Waals surface area contributed by atoms with E-state index in [2.05, 4.69) is 9.88 Å². The Bertz CT molecular complexity index is 659. The molecule has 0 bridgehead atoms. The van der Waals surface area contributed by atoms with Crippen LogP contribution in [-0.4, -0.2) is 34.2 Å². The largest absolute Gasteiger partial charge is 0.394 e. The molecule has 0 amide bonds. The lowest BCUT2D eigenvalue weighted by Gasteiger charge is -2.24. The standard InChI is InChI=1S/C14H15N3O3/c18-9-12-2-1-7-16(12)14-6-3-10-8-11(17(19)20)4-5-13(10)15-14/h3-6,8,12,18H,1-2,7,9H2/t12-/m1/s1. The van der Waals surface area contributed by atoms with Gasteiger partial charge in [-0.25, -0.2) is 4.98 Å². The van der Waals surface area contributed by atoms with Crippen LogP contribution in [0.2, 0.25) is 0 Å². The van der Waals surface area contributed by atoms with E-state index in [-0.39, 0.29) is 18.3 Å². The first-order valence-corrected chi connectivity index (χ1v) is 6.62. The van der Waals surface area contributed by atoms with Crippen LogP contribution in [0.4, 0.5) is 11.5 Å². The summed E-state index contributed by atoms with van der Waals surface area (Å²) >= 11 is 0. The summed E-state index contributed by atoms with van der Waals surface area (Å²) in [5, 5.41) is 20.9. The zero-order chi connectivity index (χ0) is 14.1. The third-order valence-corrected chi connectivity index (χ3v) is 3.75. The summed E-state index contributed by atoms with van der Waals surface area (Å²) in [5.74, 6) is 0.822. The molecule has 104 valence electrons. The Morgan fingerprint density at radius 2 is 2.25 bits per heavy atom. The van der Waals surface area contributed by atoms with Crippen LogP contribution < -0.4 is 4.90 Å². The van der Waals surface area contributed by atoms with Crippen molar-refractivity contribution in [3.8, 4) is 0 Å². The molecule has 1 aliphatic rings. The Morgan fingerprint density at radius 3 is 3.00 bits per heavy atom. The number of benzene rings is 1. The monoisotopic (exact) mass is 273 g/mol. The zero-order valence-corrected chi connectivity index (χ0v) is 10.9. The number of aliphatic hydroxyl groups is 1. The van der Waals surface area contributed by atoms with E-state index in [0.29, 0.717) is 0 Å². The molecule has 1 aliphatic heterocycles. The summed E-state index contributed by atoms with van der Waals surface area (Å²) in [6.45, 7) is 1.01. The number of aromatic nitrogens is 1. The molecule has 6 heteroatoms. The molecule has 20 heavy (non-hydrogen) atoms. The maximum Gasteiger partial charge on any atom is 0.270 e. The van der Waals surface area contributed by atoms with Crippen LogP contribution in [0.1, 0.15) is 12.8 Å². The minimum Gasteiger partial charge on any atom is -0.394 e. The van der Waals surface area contributed by atoms with E-state index in [0.717, 1.165) is 36.1 Å². The minimum absolute atomic E-state index is 0.0708. The van der Waals surface area contributed by atoms with Gasteiger partial charge in [-0.15, -0.1) is 0 Å². The number of anilines is 1. The second-order valence-electron chi connectivity index (χ2n) is 4.98. The molecule has 1 fully saturated rings. The lowest BCUT2D eigenvalue weighted by atomic mass is 10.2. The highest BCUT2D eigenvalue weighted by molar-refractivity contribution is 5.82. The normalized spacial score (nSPS) is 18.6. The Labute approximate surface area is 115 Å². The number of hydrogen-bond acceptors (Lipinski definition) is 5. The van der Waals surface area contributed by atoms with E-state index in [1.54, 1.807) is 6.07 Å². The zero-order valence-electron chi connectivity index (χ0n) is 10.9. The van der Waals surface area contributed by atoms with Crippen molar-refractivity contribution < 1.29 is 10.0 Å². The molecule has 3 rings (SSSR count). The van der Waals surface area contributed by atoms with Crippen molar-refractivity contribution in [2.24, 2.45) is 0 Å². The molecular weight excluding hydrogens is 258 g/mol. The predicted octanol–water partition coefficient (Wildman–Crippen LogP) is 2.10. The molecule has 1 N–H and O–H groups in total. The van der Waals surface area contributed by atoms with Gasteiger partial charge in [-0.05, 0) is 31.0 Å². The van der Waals surface area contributed by atoms with Crippen LogP contribution in [0, 0.1) is 10.1 Å². The maximum absolute atomic E-state index is 10.8. The quantitative estimate of drug-likeness (QED) is 0.684. The Kier molecular flexibility index (Phi) is 3.23. The van der Waals surface area contributed by atoms with E-state index in [4.69, 9.17) is 0 Å². The fourth-order valence-corrected chi connectivity index (χ4v) is 2.70. The summed E-state index contributed by atoms with van der Waals surface area (Å²) in [5.41, 5.74) is 0.804. The lowest BCUT2D eigenvalue weighted by molar-refractivity contribution is -0.384. The van der Waals surface area contributed by atoms with Crippen molar-refractivity contribution in [2.45, 2.75) is 18.9 Å². The van der Waals surface area contributed by atoms with Gasteiger partial charge in [0.2, 0.25) is 0 Å². The fourth-order valence-electron chi connectivity index (χ4n) is 2.70. The van der Waals surface area contributed by atoms with Crippen molar-refractivity contribution in [1.82, 2.24) is 4.98 Å². The number of non-ortho nitro benzene ring substituents is 1. The SMILES string of the molecule is O=[N+]([O-])c1ccc2nc(N3CCC[C@@H]3CO)ccc2c1. The first-order chi connectivity index (χ1) is 9.69. The molecule has 2 aromatic rings. The molecule has 6 nitrogen and oxygen atoms in total. The molecule has 0 radical (unpaired) electrons. The van der Waals surface area contributed by atoms with Crippen LogP contribution in [0.25, 0.3) is 10.9 Å². The number of aliphatic hydroxyl groups excluding tert-OH is 1. The predicted molar refractivity (Wildman–Crippen MR) is 75.9 cm³/mol. The smallest absolute Gasteiger partial charge is 0.270 e. The van der Waals surface area contributed by atoms with Gasteiger partial charge in [0.15, 0.2) is 0 Å². The highest BCUT2D eigenvalue weighted by atomic mass is 16.6. The highest BCUT2D eigenvalue weighted by Crippen LogP contribution is 2.27. The Balaban J connectivity index is 1.99. The number of nitro benzene ring substituents is 1. The van der Waals surface area contributed by atoms with Crippen molar-refractivity contribution in [1.29, 1.82) is 0 Å². The van der Waals surface area contributed by atoms with E-state index >= 15 is 0 Å². The second-order valence-corrected chi connectivity index (χ2v) is 4.98. The summed E-state index contributed by atoms with van der Waals surface area (Å²) in [4.78, 5) is 17.0. The van der Waals surface area contributed by atoms with Gasteiger partial charge >= 0.3 is 0 Å². The Morgan fingerprint density at radius 1 is 1.40 bits per heavy atom. The van der Waals surface area contributed by atoms with E-state index < -0.39 is 4.92 Å². The highest BCUT2D eigenvalue weighted by Gasteiger charge is 2.24. The van der Waals surface area contributed by atoms with Gasteiger partial charge in [0.25, 0.3) is 5.69 Å². The van der Waals surface area contributed by atoms with Crippen molar-refractivity contribution in [3.05, 3.63) is 40.4 Å². The molecule has 1 aromatic carbocycles. The number of nitro groups is 1. The molecule has 2 heterocycles. The summed E-state index contributed by atoms with van der Waals surface area (Å²) < 4.78 is 0. The van der Waals surface area contributed by atoms with Crippen molar-refractivity contribution in [2.75, 3.05) is 18.1 Å². The molecule has 1 atom stereocenters. The van der Waals surface area contributed by atoms with Gasteiger partial charge in [-0.3, -0.25) is 10.1 Å². The van der Waals surface area contributed by atoms with Crippen LogP contribution in [-0.2, 0) is 0 Å². The van der Waals surface area contributed by atoms with E-state index in [9.17, 15) is 15.2 Å². The molecule has 0 aliphatic carbocycles. The van der Waals surface area contributed by atoms with Crippen LogP contribution in [0.5, 0.6) is 0 Å². The molecular formula is C14H15N3O3. The van der Waals surface area contributed by atoms with Crippen LogP contribution >= 0.6 is 0 Å². The topological polar surface area (TPSA) is 79.5 Å². The van der Waals surface area contributed by atoms with Gasteiger partial charge < -0.3 is 10.0 Å². The summed E-state index contributed by atoms with van der Waals surface area (Å²) in [6, 6.07) is 8.49. The van der Waals surface area contributed by atoms with E-state index in [1.165, 1.54) is 12.1 Å². The first kappa shape index (κ1) is 12.8. The van der Waals surface area contributed by atoms with Gasteiger partial charge in [-0.2, -0.15) is 0 Å². The molecule has 0 spiro atoms. The van der Waals surface area contributed by atoms with Gasteiger partial charge in [-0.1, -0.05) is 0 Å². The fraction of sp³-hybridized carbons (Fsp3) is 0.357. The maximum atomic E-state index is 10.8. The average Bonchev–Trinajstić information content (AvgIpc) is 2.94. The van der Waals surface area contributed by atoms with Crippen LogP contribution in [0.3, 0.4) is 0 Å². The Hall–Kier alpha value is -2.21. The van der Waals surface area contributed by atoms with Gasteiger partial charge in [0, 0.05) is 24.1 Å². The summed E-state index contributed by atoms with van der Waals surface area (Å²) in [6.07, 6.45) is 2.02. The van der Waals surface area contributed by atoms with Crippen molar-refractivity contribution >= 4 is 22.4 Å². The lowest BCUT2D eigenvalue weighted by Crippen LogP contribution is -2.32. The molecule has 1 aromatic heterocycles. The van der Waals surface area contributed by atoms with Gasteiger partial charge in [0.1, 0.15) is 5.82 Å². The molecule has 0 saturated carbocycles. The van der Waals surface area contributed by atoms with Gasteiger partial charge in [0.05, 0.1) is 23.1 Å². The third-order valence-electron chi connectivity index (χ3n) is 3.75. The number of hydrogen-bond donors (Lipinski definition) is 1. The minimum atomic E-state index is -0.407. The average molecular weight is 273 g/mol. The summed E-state index contributed by atoms with van der Waals surface area (Å²) in [7, 11) is 0. The third kappa shape index (κ3) is 2.18. The number of fused-ring (bicyclic) bond motifs is 1. The molecule has 0 unspecified atom stereocenters. The number of nitrogens with zero attached hydrogens (tertiary/aromatic N) is 3. The number of pyridine rings is 1. The second kappa shape index (κ2) is 5.05.